The third-order valence-electron chi connectivity index (χ3n) is 3.56. The number of β-amino-alcohol motifs (C(OH)–C–C–N with tert-alkyl or cyclic N) is 1. The van der Waals surface area contributed by atoms with Crippen molar-refractivity contribution in [3.05, 3.63) is 28.8 Å². The molecule has 2 unspecified atom stereocenters. The van der Waals surface area contributed by atoms with Crippen LogP contribution in [-0.2, 0) is 10.0 Å². The van der Waals surface area contributed by atoms with Crippen molar-refractivity contribution in [2.45, 2.75) is 24.3 Å². The zero-order valence-electron chi connectivity index (χ0n) is 11.0. The lowest BCUT2D eigenvalue weighted by Crippen LogP contribution is -2.45. The average Bonchev–Trinajstić information content (AvgIpc) is 2.41. The molecule has 0 spiro atoms. The van der Waals surface area contributed by atoms with E-state index in [1.807, 2.05) is 13.0 Å². The highest BCUT2D eigenvalue weighted by molar-refractivity contribution is 7.89. The fraction of sp³-hybridized carbons (Fsp3) is 0.462. The molecule has 1 heterocycles. The van der Waals surface area contributed by atoms with Crippen LogP contribution in [0.1, 0.15) is 18.9 Å². The van der Waals surface area contributed by atoms with Crippen molar-refractivity contribution in [3.8, 4) is 6.07 Å². The van der Waals surface area contributed by atoms with E-state index >= 15 is 0 Å². The summed E-state index contributed by atoms with van der Waals surface area (Å²) in [4.78, 5) is -0.0637. The topological polar surface area (TPSA) is 81.4 Å². The van der Waals surface area contributed by atoms with Crippen LogP contribution in [0.5, 0.6) is 0 Å². The molecule has 7 heteroatoms. The number of sulfonamides is 1. The monoisotopic (exact) mass is 314 g/mol. The van der Waals surface area contributed by atoms with Crippen molar-refractivity contribution < 1.29 is 13.5 Å². The van der Waals surface area contributed by atoms with Gasteiger partial charge in [0.15, 0.2) is 0 Å². The molecule has 1 aliphatic rings. The predicted molar refractivity (Wildman–Crippen MR) is 74.7 cm³/mol. The Hall–Kier alpha value is -1.13. The van der Waals surface area contributed by atoms with Crippen molar-refractivity contribution in [1.82, 2.24) is 4.31 Å². The number of benzene rings is 1. The van der Waals surface area contributed by atoms with Crippen molar-refractivity contribution in [3.63, 3.8) is 0 Å². The number of aliphatic hydroxyl groups excluding tert-OH is 1. The van der Waals surface area contributed by atoms with Crippen LogP contribution in [0.15, 0.2) is 23.1 Å². The zero-order chi connectivity index (χ0) is 14.9. The fourth-order valence-corrected chi connectivity index (χ4v) is 3.96. The molecular formula is C13H15ClN2O3S. The van der Waals surface area contributed by atoms with Crippen LogP contribution in [0.25, 0.3) is 0 Å². The number of nitriles is 1. The van der Waals surface area contributed by atoms with Gasteiger partial charge in [-0.15, -0.1) is 0 Å². The molecule has 108 valence electrons. The molecule has 0 saturated carbocycles. The van der Waals surface area contributed by atoms with Crippen LogP contribution < -0.4 is 0 Å². The maximum atomic E-state index is 12.6. The summed E-state index contributed by atoms with van der Waals surface area (Å²) in [6, 6.07) is 5.96. The zero-order valence-corrected chi connectivity index (χ0v) is 12.5. The second-order valence-electron chi connectivity index (χ2n) is 4.95. The summed E-state index contributed by atoms with van der Waals surface area (Å²) in [5, 5.41) is 19.2. The Kier molecular flexibility index (Phi) is 4.35. The molecule has 0 bridgehead atoms. The van der Waals surface area contributed by atoms with E-state index in [0.29, 0.717) is 18.0 Å². The number of rotatable bonds is 2. The first-order valence-corrected chi connectivity index (χ1v) is 8.06. The smallest absolute Gasteiger partial charge is 0.244 e. The van der Waals surface area contributed by atoms with Gasteiger partial charge >= 0.3 is 0 Å². The molecule has 1 aromatic carbocycles. The lowest BCUT2D eigenvalue weighted by Gasteiger charge is -2.33. The highest BCUT2D eigenvalue weighted by atomic mass is 35.5. The summed E-state index contributed by atoms with van der Waals surface area (Å²) < 4.78 is 26.3. The predicted octanol–water partition coefficient (Wildman–Crippen LogP) is 1.60. The molecule has 0 aliphatic carbocycles. The van der Waals surface area contributed by atoms with E-state index in [2.05, 4.69) is 0 Å². The normalized spacial score (nSPS) is 24.3. The highest BCUT2D eigenvalue weighted by Crippen LogP contribution is 2.27. The van der Waals surface area contributed by atoms with E-state index in [-0.39, 0.29) is 22.9 Å². The van der Waals surface area contributed by atoms with E-state index in [9.17, 15) is 13.5 Å². The third-order valence-corrected chi connectivity index (χ3v) is 5.72. The van der Waals surface area contributed by atoms with Crippen LogP contribution in [-0.4, -0.2) is 37.0 Å². The molecule has 5 nitrogen and oxygen atoms in total. The molecule has 2 atom stereocenters. The Labute approximate surface area is 123 Å². The Balaban J connectivity index is 2.39. The Bertz CT molecular complexity index is 654. The highest BCUT2D eigenvalue weighted by Gasteiger charge is 2.34. The maximum absolute atomic E-state index is 12.6. The van der Waals surface area contributed by atoms with Crippen molar-refractivity contribution in [2.75, 3.05) is 13.1 Å². The number of hydrogen-bond donors (Lipinski definition) is 1. The first kappa shape index (κ1) is 15.3. The number of piperidine rings is 1. The van der Waals surface area contributed by atoms with Crippen LogP contribution >= 0.6 is 11.6 Å². The van der Waals surface area contributed by atoms with E-state index < -0.39 is 16.1 Å². The van der Waals surface area contributed by atoms with Gasteiger partial charge in [0.2, 0.25) is 10.0 Å². The molecule has 1 fully saturated rings. The molecule has 0 aromatic heterocycles. The second kappa shape index (κ2) is 5.70. The minimum absolute atomic E-state index is 0.0191. The van der Waals surface area contributed by atoms with Gasteiger partial charge in [-0.1, -0.05) is 18.5 Å². The third kappa shape index (κ3) is 2.81. The molecule has 1 saturated heterocycles. The van der Waals surface area contributed by atoms with Crippen molar-refractivity contribution in [1.29, 1.82) is 5.26 Å². The summed E-state index contributed by atoms with van der Waals surface area (Å²) in [5.74, 6) is 0.0714. The average molecular weight is 315 g/mol. The minimum atomic E-state index is -3.79. The first-order valence-electron chi connectivity index (χ1n) is 6.24. The van der Waals surface area contributed by atoms with Crippen molar-refractivity contribution >= 4 is 21.6 Å². The number of nitrogens with zero attached hydrogens (tertiary/aromatic N) is 2. The SMILES string of the molecule is CC1CCN(S(=O)(=O)c2ccc(Cl)cc2C#N)CC1O. The summed E-state index contributed by atoms with van der Waals surface area (Å²) in [5.41, 5.74) is 0.0191. The quantitative estimate of drug-likeness (QED) is 0.899. The van der Waals surface area contributed by atoms with E-state index in [4.69, 9.17) is 16.9 Å². The van der Waals surface area contributed by atoms with Gasteiger partial charge in [-0.3, -0.25) is 0 Å². The summed E-state index contributed by atoms with van der Waals surface area (Å²) in [6.07, 6.45) is -0.0908. The van der Waals surface area contributed by atoms with E-state index in [1.165, 1.54) is 22.5 Å². The first-order chi connectivity index (χ1) is 9.36. The molecule has 1 N–H and O–H groups in total. The number of halogens is 1. The molecule has 20 heavy (non-hydrogen) atoms. The number of hydrogen-bond acceptors (Lipinski definition) is 4. The minimum Gasteiger partial charge on any atom is -0.391 e. The van der Waals surface area contributed by atoms with Crippen LogP contribution in [0.4, 0.5) is 0 Å². The summed E-state index contributed by atoms with van der Waals surface area (Å²) in [6.45, 7) is 2.28. The van der Waals surface area contributed by atoms with Crippen LogP contribution in [0.2, 0.25) is 5.02 Å². The van der Waals surface area contributed by atoms with Gasteiger partial charge in [-0.25, -0.2) is 8.42 Å². The largest absolute Gasteiger partial charge is 0.391 e. The molecule has 1 aromatic rings. The van der Waals surface area contributed by atoms with Crippen LogP contribution in [0, 0.1) is 17.2 Å². The van der Waals surface area contributed by atoms with Gasteiger partial charge in [0.05, 0.1) is 11.7 Å². The molecule has 0 radical (unpaired) electrons. The Morgan fingerprint density at radius 2 is 2.20 bits per heavy atom. The van der Waals surface area contributed by atoms with Crippen LogP contribution in [0.3, 0.4) is 0 Å². The molecule has 1 aliphatic heterocycles. The molecule has 2 rings (SSSR count). The Morgan fingerprint density at radius 1 is 1.50 bits per heavy atom. The van der Waals surface area contributed by atoms with Gasteiger partial charge in [0, 0.05) is 18.1 Å². The summed E-state index contributed by atoms with van der Waals surface area (Å²) in [7, 11) is -3.79. The van der Waals surface area contributed by atoms with Gasteiger partial charge < -0.3 is 5.11 Å². The van der Waals surface area contributed by atoms with Gasteiger partial charge in [0.1, 0.15) is 11.0 Å². The van der Waals surface area contributed by atoms with Crippen molar-refractivity contribution in [2.24, 2.45) is 5.92 Å². The van der Waals surface area contributed by atoms with Gasteiger partial charge in [-0.05, 0) is 30.5 Å². The summed E-state index contributed by atoms with van der Waals surface area (Å²) >= 11 is 5.77. The Morgan fingerprint density at radius 3 is 2.80 bits per heavy atom. The van der Waals surface area contributed by atoms with E-state index in [1.54, 1.807) is 0 Å². The van der Waals surface area contributed by atoms with Gasteiger partial charge in [0.25, 0.3) is 0 Å². The number of aliphatic hydroxyl groups is 1. The maximum Gasteiger partial charge on any atom is 0.244 e. The fourth-order valence-electron chi connectivity index (χ4n) is 2.19. The standard InChI is InChI=1S/C13H15ClN2O3S/c1-9-4-5-16(8-12(9)17)20(18,19)13-3-2-11(14)6-10(13)7-15/h2-3,6,9,12,17H,4-5,8H2,1H3. The lowest BCUT2D eigenvalue weighted by molar-refractivity contribution is 0.0605. The molecular weight excluding hydrogens is 300 g/mol. The molecule has 0 amide bonds. The second-order valence-corrected chi connectivity index (χ2v) is 7.29. The van der Waals surface area contributed by atoms with E-state index in [0.717, 1.165) is 0 Å². The van der Waals surface area contributed by atoms with Gasteiger partial charge in [-0.2, -0.15) is 9.57 Å². The lowest BCUT2D eigenvalue weighted by atomic mass is 9.98.